The lowest BCUT2D eigenvalue weighted by Gasteiger charge is -2.32. The summed E-state index contributed by atoms with van der Waals surface area (Å²) in [5.74, 6) is -0.147. The van der Waals surface area contributed by atoms with E-state index in [4.69, 9.17) is 4.74 Å². The van der Waals surface area contributed by atoms with E-state index in [9.17, 15) is 19.2 Å². The lowest BCUT2D eigenvalue weighted by Crippen LogP contribution is -2.41. The summed E-state index contributed by atoms with van der Waals surface area (Å²) < 4.78 is 7.25. The molecule has 3 aromatic carbocycles. The summed E-state index contributed by atoms with van der Waals surface area (Å²) in [5, 5.41) is 0.814. The fourth-order valence-corrected chi connectivity index (χ4v) is 6.38. The maximum Gasteiger partial charge on any atom is 0.326 e. The number of methoxy groups -OCH3 is 1. The van der Waals surface area contributed by atoms with Crippen molar-refractivity contribution in [3.8, 4) is 5.75 Å². The molecule has 0 atom stereocenters. The van der Waals surface area contributed by atoms with Crippen molar-refractivity contribution < 1.29 is 19.1 Å². The highest BCUT2D eigenvalue weighted by atomic mass is 16.5. The van der Waals surface area contributed by atoms with E-state index in [-0.39, 0.29) is 36.0 Å². The van der Waals surface area contributed by atoms with Crippen LogP contribution in [-0.4, -0.2) is 68.8 Å². The van der Waals surface area contributed by atoms with Gasteiger partial charge in [0.2, 0.25) is 0 Å². The van der Waals surface area contributed by atoms with Crippen LogP contribution in [-0.2, 0) is 6.42 Å². The van der Waals surface area contributed by atoms with Crippen LogP contribution in [0.3, 0.4) is 0 Å². The molecule has 1 saturated heterocycles. The zero-order valence-corrected chi connectivity index (χ0v) is 23.1. The second-order valence-corrected chi connectivity index (χ2v) is 10.8. The number of nitrogens with one attached hydrogen (secondary N) is 2. The predicted molar refractivity (Wildman–Crippen MR) is 157 cm³/mol. The van der Waals surface area contributed by atoms with Gasteiger partial charge >= 0.3 is 5.69 Å². The number of piperidine rings is 1. The maximum absolute atomic E-state index is 14.0. The third-order valence-corrected chi connectivity index (χ3v) is 8.53. The molecular formula is C32H29N5O5. The summed E-state index contributed by atoms with van der Waals surface area (Å²) >= 11 is 0. The molecule has 7 rings (SSSR count). The van der Waals surface area contributed by atoms with Crippen molar-refractivity contribution in [1.29, 1.82) is 0 Å². The second kappa shape index (κ2) is 10.1. The van der Waals surface area contributed by atoms with Crippen molar-refractivity contribution in [3.05, 3.63) is 99.6 Å². The number of aromatic nitrogens is 3. The zero-order chi connectivity index (χ0) is 29.0. The molecule has 0 saturated carbocycles. The molecule has 10 heteroatoms. The number of carbonyl (C=O) groups excluding carboxylic acids is 3. The quantitative estimate of drug-likeness (QED) is 0.301. The Kier molecular flexibility index (Phi) is 6.18. The first kappa shape index (κ1) is 25.8. The molecule has 0 radical (unpaired) electrons. The van der Waals surface area contributed by atoms with E-state index >= 15 is 0 Å². The molecule has 2 aliphatic heterocycles. The van der Waals surface area contributed by atoms with Crippen LogP contribution in [0.1, 0.15) is 55.7 Å². The average molecular weight is 564 g/mol. The van der Waals surface area contributed by atoms with Crippen molar-refractivity contribution in [2.75, 3.05) is 26.7 Å². The number of carbonyl (C=O) groups is 3. The van der Waals surface area contributed by atoms with Gasteiger partial charge in [-0.05, 0) is 67.3 Å². The van der Waals surface area contributed by atoms with Crippen molar-refractivity contribution in [2.45, 2.75) is 25.3 Å². The van der Waals surface area contributed by atoms with Gasteiger partial charge in [0.1, 0.15) is 11.4 Å². The molecule has 4 heterocycles. The van der Waals surface area contributed by atoms with Crippen LogP contribution in [0, 0.1) is 0 Å². The van der Waals surface area contributed by atoms with Crippen LogP contribution in [0.4, 0.5) is 0 Å². The number of ether oxygens (including phenoxy) is 1. The van der Waals surface area contributed by atoms with Gasteiger partial charge in [-0.15, -0.1) is 0 Å². The highest BCUT2D eigenvalue weighted by Crippen LogP contribution is 2.31. The Labute approximate surface area is 240 Å². The van der Waals surface area contributed by atoms with Crippen LogP contribution >= 0.6 is 0 Å². The fourth-order valence-electron chi connectivity index (χ4n) is 6.38. The van der Waals surface area contributed by atoms with Crippen LogP contribution in [0.25, 0.3) is 21.9 Å². The number of imide groups is 1. The monoisotopic (exact) mass is 563 g/mol. The summed E-state index contributed by atoms with van der Waals surface area (Å²) in [6.45, 7) is 1.13. The number of imidazole rings is 1. The SMILES string of the molecule is COc1ccc2[nH]c(C(=O)N3CCC(n4c(=O)[nH]c5ccccc54)CC3)c(CCN3C(=O)c4ccccc4C3=O)c2c1. The lowest BCUT2D eigenvalue weighted by atomic mass is 10.0. The van der Waals surface area contributed by atoms with Gasteiger partial charge in [-0.2, -0.15) is 0 Å². The van der Waals surface area contributed by atoms with E-state index in [1.54, 1.807) is 35.9 Å². The zero-order valence-electron chi connectivity index (χ0n) is 23.1. The van der Waals surface area contributed by atoms with Gasteiger partial charge < -0.3 is 19.6 Å². The van der Waals surface area contributed by atoms with Crippen molar-refractivity contribution >= 4 is 39.7 Å². The smallest absolute Gasteiger partial charge is 0.326 e. The largest absolute Gasteiger partial charge is 0.497 e. The van der Waals surface area contributed by atoms with Crippen LogP contribution in [0.2, 0.25) is 0 Å². The number of hydrogen-bond donors (Lipinski definition) is 2. The number of H-pyrrole nitrogens is 2. The number of likely N-dealkylation sites (tertiary alicyclic amines) is 1. The first-order valence-electron chi connectivity index (χ1n) is 14.1. The molecule has 2 aliphatic rings. The topological polar surface area (TPSA) is 120 Å². The summed E-state index contributed by atoms with van der Waals surface area (Å²) in [6.07, 6.45) is 1.60. The Balaban J connectivity index is 1.15. The van der Waals surface area contributed by atoms with Crippen LogP contribution in [0.5, 0.6) is 5.75 Å². The third kappa shape index (κ3) is 4.09. The Morgan fingerprint density at radius 3 is 2.29 bits per heavy atom. The molecule has 1 fully saturated rings. The number of hydrogen-bond acceptors (Lipinski definition) is 5. The van der Waals surface area contributed by atoms with Gasteiger partial charge in [-0.1, -0.05) is 24.3 Å². The maximum atomic E-state index is 14.0. The molecule has 0 spiro atoms. The summed E-state index contributed by atoms with van der Waals surface area (Å²) in [5.41, 5.74) is 4.29. The van der Waals surface area contributed by atoms with E-state index < -0.39 is 0 Å². The van der Waals surface area contributed by atoms with Gasteiger partial charge in [-0.25, -0.2) is 4.79 Å². The Hall–Kier alpha value is -5.12. The normalized spacial score (nSPS) is 15.6. The number of para-hydroxylation sites is 2. The van der Waals surface area contributed by atoms with Crippen molar-refractivity contribution in [2.24, 2.45) is 0 Å². The van der Waals surface area contributed by atoms with Crippen molar-refractivity contribution in [1.82, 2.24) is 24.3 Å². The number of nitrogens with zero attached hydrogens (tertiary/aromatic N) is 3. The summed E-state index contributed by atoms with van der Waals surface area (Å²) in [7, 11) is 1.58. The Morgan fingerprint density at radius 2 is 1.57 bits per heavy atom. The minimum absolute atomic E-state index is 0.0158. The van der Waals surface area contributed by atoms with Gasteiger partial charge in [0.15, 0.2) is 0 Å². The predicted octanol–water partition coefficient (Wildman–Crippen LogP) is 4.14. The Bertz CT molecular complexity index is 1910. The molecule has 5 aromatic rings. The minimum Gasteiger partial charge on any atom is -0.497 e. The average Bonchev–Trinajstić information content (AvgIpc) is 3.64. The number of fused-ring (bicyclic) bond motifs is 3. The molecule has 3 amide bonds. The molecule has 0 bridgehead atoms. The van der Waals surface area contributed by atoms with Gasteiger partial charge in [0.05, 0.1) is 29.3 Å². The molecule has 2 N–H and O–H groups in total. The fraction of sp³-hybridized carbons (Fsp3) is 0.250. The van der Waals surface area contributed by atoms with Crippen LogP contribution in [0.15, 0.2) is 71.5 Å². The van der Waals surface area contributed by atoms with E-state index in [0.717, 1.165) is 27.5 Å². The van der Waals surface area contributed by atoms with Crippen LogP contribution < -0.4 is 10.4 Å². The molecule has 42 heavy (non-hydrogen) atoms. The number of benzene rings is 3. The molecule has 2 aromatic heterocycles. The molecule has 212 valence electrons. The van der Waals surface area contributed by atoms with Gasteiger partial charge in [0, 0.05) is 36.6 Å². The first-order chi connectivity index (χ1) is 20.4. The molecular weight excluding hydrogens is 534 g/mol. The van der Waals surface area contributed by atoms with Gasteiger partial charge in [0.25, 0.3) is 17.7 Å². The first-order valence-corrected chi connectivity index (χ1v) is 14.1. The summed E-state index contributed by atoms with van der Waals surface area (Å²) in [6, 6.07) is 20.0. The van der Waals surface area contributed by atoms with E-state index in [0.29, 0.717) is 54.9 Å². The van der Waals surface area contributed by atoms with E-state index in [1.807, 2.05) is 47.4 Å². The molecule has 0 aliphatic carbocycles. The lowest BCUT2D eigenvalue weighted by molar-refractivity contribution is 0.0656. The molecule has 10 nitrogen and oxygen atoms in total. The molecule has 0 unspecified atom stereocenters. The number of rotatable bonds is 6. The minimum atomic E-state index is -0.324. The highest BCUT2D eigenvalue weighted by molar-refractivity contribution is 6.21. The van der Waals surface area contributed by atoms with E-state index in [1.165, 1.54) is 4.90 Å². The standard InChI is InChI=1S/C32H29N5O5/c1-42-20-10-11-25-24(18-20)21(14-17-36-29(38)22-6-2-3-7-23(22)30(36)39)28(33-25)31(40)35-15-12-19(13-16-35)37-27-9-5-4-8-26(27)34-32(37)41/h2-11,18-19,33H,12-17H2,1H3,(H,34,41). The second-order valence-electron chi connectivity index (χ2n) is 10.8. The highest BCUT2D eigenvalue weighted by Gasteiger charge is 2.35. The number of amides is 3. The summed E-state index contributed by atoms with van der Waals surface area (Å²) in [4.78, 5) is 62.0. The van der Waals surface area contributed by atoms with Gasteiger partial charge in [-0.3, -0.25) is 23.9 Å². The number of aromatic amines is 2. The third-order valence-electron chi connectivity index (χ3n) is 8.53. The Morgan fingerprint density at radius 1 is 0.881 bits per heavy atom. The van der Waals surface area contributed by atoms with E-state index in [2.05, 4.69) is 9.97 Å². The van der Waals surface area contributed by atoms with Crippen molar-refractivity contribution in [3.63, 3.8) is 0 Å².